The molecule has 0 spiro atoms. The summed E-state index contributed by atoms with van der Waals surface area (Å²) in [7, 11) is 3.95. The van der Waals surface area contributed by atoms with Crippen LogP contribution in [0.25, 0.3) is 0 Å². The fraction of sp³-hybridized carbons (Fsp3) is 0.333. The Morgan fingerprint density at radius 3 is 2.19 bits per heavy atom. The van der Waals surface area contributed by atoms with Crippen LogP contribution in [-0.4, -0.2) is 30.9 Å². The number of benzene rings is 2. The van der Waals surface area contributed by atoms with Crippen LogP contribution in [-0.2, 0) is 17.9 Å². The molecule has 0 radical (unpaired) electrons. The van der Waals surface area contributed by atoms with Gasteiger partial charge in [0.1, 0.15) is 0 Å². The third-order valence-electron chi connectivity index (χ3n) is 3.87. The summed E-state index contributed by atoms with van der Waals surface area (Å²) in [6.07, 6.45) is 0. The summed E-state index contributed by atoms with van der Waals surface area (Å²) in [5.74, 6) is 0.838. The van der Waals surface area contributed by atoms with Crippen molar-refractivity contribution in [3.05, 3.63) is 65.7 Å². The second-order valence-electron chi connectivity index (χ2n) is 6.71. The topological polar surface area (TPSA) is 56.7 Å². The number of anilines is 1. The van der Waals surface area contributed by atoms with Crippen molar-refractivity contribution in [2.24, 2.45) is 10.9 Å². The molecule has 2 rings (SSSR count). The van der Waals surface area contributed by atoms with Crippen molar-refractivity contribution in [2.75, 3.05) is 19.4 Å². The van der Waals surface area contributed by atoms with E-state index in [4.69, 9.17) is 0 Å². The van der Waals surface area contributed by atoms with Crippen molar-refractivity contribution in [3.8, 4) is 0 Å². The standard InChI is InChI=1S/C21H28N4O.HI/c1-16(2)20(26)24-19-12-10-18(11-13-19)15-23-21(25(3)4)22-14-17-8-6-5-7-9-17;/h5-13,16H,14-15H2,1-4H3,(H,22,23)(H,24,26);1H. The predicted molar refractivity (Wildman–Crippen MR) is 123 cm³/mol. The van der Waals surface area contributed by atoms with Crippen molar-refractivity contribution < 1.29 is 4.79 Å². The minimum Gasteiger partial charge on any atom is -0.352 e. The molecule has 6 heteroatoms. The first-order chi connectivity index (χ1) is 12.5. The van der Waals surface area contributed by atoms with E-state index in [-0.39, 0.29) is 35.8 Å². The normalized spacial score (nSPS) is 10.9. The van der Waals surface area contributed by atoms with Gasteiger partial charge >= 0.3 is 0 Å². The average molecular weight is 480 g/mol. The van der Waals surface area contributed by atoms with Gasteiger partial charge in [-0.05, 0) is 23.3 Å². The van der Waals surface area contributed by atoms with Gasteiger partial charge in [-0.3, -0.25) is 4.79 Å². The maximum absolute atomic E-state index is 11.7. The van der Waals surface area contributed by atoms with Gasteiger partial charge in [-0.25, -0.2) is 4.99 Å². The van der Waals surface area contributed by atoms with Gasteiger partial charge in [-0.2, -0.15) is 0 Å². The number of hydrogen-bond donors (Lipinski definition) is 2. The maximum atomic E-state index is 11.7. The van der Waals surface area contributed by atoms with Gasteiger partial charge in [0.15, 0.2) is 5.96 Å². The Bertz CT molecular complexity index is 728. The van der Waals surface area contributed by atoms with E-state index in [1.165, 1.54) is 5.56 Å². The van der Waals surface area contributed by atoms with Crippen LogP contribution in [0.2, 0.25) is 0 Å². The molecule has 2 aromatic rings. The molecule has 0 aliphatic heterocycles. The molecule has 0 saturated heterocycles. The van der Waals surface area contributed by atoms with E-state index >= 15 is 0 Å². The van der Waals surface area contributed by atoms with Gasteiger partial charge in [0.2, 0.25) is 5.91 Å². The number of nitrogens with zero attached hydrogens (tertiary/aromatic N) is 2. The molecule has 0 saturated carbocycles. The van der Waals surface area contributed by atoms with E-state index in [9.17, 15) is 4.79 Å². The monoisotopic (exact) mass is 480 g/mol. The van der Waals surface area contributed by atoms with Gasteiger partial charge in [0, 0.05) is 32.2 Å². The molecule has 0 unspecified atom stereocenters. The van der Waals surface area contributed by atoms with E-state index in [1.807, 2.05) is 75.3 Å². The minimum absolute atomic E-state index is 0. The third-order valence-corrected chi connectivity index (χ3v) is 3.87. The lowest BCUT2D eigenvalue weighted by Crippen LogP contribution is -2.36. The lowest BCUT2D eigenvalue weighted by molar-refractivity contribution is -0.118. The Balaban J connectivity index is 0.00000364. The first-order valence-corrected chi connectivity index (χ1v) is 8.85. The highest BCUT2D eigenvalue weighted by molar-refractivity contribution is 14.0. The molecule has 0 atom stereocenters. The molecule has 0 bridgehead atoms. The molecular formula is C21H29IN4O. The zero-order valence-electron chi connectivity index (χ0n) is 16.4. The number of amides is 1. The van der Waals surface area contributed by atoms with Crippen LogP contribution < -0.4 is 10.6 Å². The molecule has 0 aromatic heterocycles. The Morgan fingerprint density at radius 1 is 1.00 bits per heavy atom. The van der Waals surface area contributed by atoms with E-state index in [2.05, 4.69) is 27.8 Å². The van der Waals surface area contributed by atoms with Crippen molar-refractivity contribution in [2.45, 2.75) is 26.9 Å². The van der Waals surface area contributed by atoms with E-state index in [0.717, 1.165) is 17.2 Å². The molecule has 2 N–H and O–H groups in total. The summed E-state index contributed by atoms with van der Waals surface area (Å²) in [5, 5.41) is 6.27. The molecular weight excluding hydrogens is 451 g/mol. The summed E-state index contributed by atoms with van der Waals surface area (Å²) in [4.78, 5) is 18.4. The van der Waals surface area contributed by atoms with Gasteiger partial charge in [-0.1, -0.05) is 56.3 Å². The highest BCUT2D eigenvalue weighted by atomic mass is 127. The number of carbonyl (C=O) groups is 1. The van der Waals surface area contributed by atoms with Crippen molar-refractivity contribution in [1.82, 2.24) is 10.2 Å². The summed E-state index contributed by atoms with van der Waals surface area (Å²) < 4.78 is 0. The molecule has 0 aliphatic carbocycles. The number of nitrogens with one attached hydrogen (secondary N) is 2. The summed E-state index contributed by atoms with van der Waals surface area (Å²) >= 11 is 0. The van der Waals surface area contributed by atoms with Crippen LogP contribution in [0.3, 0.4) is 0 Å². The molecule has 1 amide bonds. The Morgan fingerprint density at radius 2 is 1.63 bits per heavy atom. The van der Waals surface area contributed by atoms with Crippen molar-refractivity contribution in [3.63, 3.8) is 0 Å². The molecule has 27 heavy (non-hydrogen) atoms. The van der Waals surface area contributed by atoms with Crippen LogP contribution in [0.4, 0.5) is 5.69 Å². The van der Waals surface area contributed by atoms with Crippen LogP contribution in [0.1, 0.15) is 25.0 Å². The first-order valence-electron chi connectivity index (χ1n) is 8.85. The van der Waals surface area contributed by atoms with Gasteiger partial charge in [0.05, 0.1) is 6.54 Å². The van der Waals surface area contributed by atoms with Gasteiger partial charge in [-0.15, -0.1) is 24.0 Å². The molecule has 0 aliphatic rings. The third kappa shape index (κ3) is 7.99. The van der Waals surface area contributed by atoms with Crippen LogP contribution in [0.5, 0.6) is 0 Å². The molecule has 0 fully saturated rings. The zero-order valence-corrected chi connectivity index (χ0v) is 18.7. The number of hydrogen-bond acceptors (Lipinski definition) is 2. The summed E-state index contributed by atoms with van der Waals surface area (Å²) in [6.45, 7) is 5.07. The lowest BCUT2D eigenvalue weighted by atomic mass is 10.1. The smallest absolute Gasteiger partial charge is 0.226 e. The van der Waals surface area contributed by atoms with Gasteiger partial charge in [0.25, 0.3) is 0 Å². The average Bonchev–Trinajstić information content (AvgIpc) is 2.63. The number of rotatable bonds is 6. The number of guanidine groups is 1. The Hall–Kier alpha value is -2.09. The van der Waals surface area contributed by atoms with Crippen molar-refractivity contribution >= 4 is 41.5 Å². The number of aliphatic imine (C=N–C) groups is 1. The van der Waals surface area contributed by atoms with E-state index in [1.54, 1.807) is 0 Å². The maximum Gasteiger partial charge on any atom is 0.226 e. The SMILES string of the molecule is CC(C)C(=O)Nc1ccc(CNC(=NCc2ccccc2)N(C)C)cc1.I. The van der Waals surface area contributed by atoms with Crippen LogP contribution in [0.15, 0.2) is 59.6 Å². The highest BCUT2D eigenvalue weighted by Crippen LogP contribution is 2.11. The Kier molecular flexibility index (Phi) is 9.85. The fourth-order valence-electron chi connectivity index (χ4n) is 2.28. The first kappa shape index (κ1) is 23.0. The lowest BCUT2D eigenvalue weighted by Gasteiger charge is -2.18. The largest absolute Gasteiger partial charge is 0.352 e. The molecule has 5 nitrogen and oxygen atoms in total. The molecule has 2 aromatic carbocycles. The van der Waals surface area contributed by atoms with Gasteiger partial charge < -0.3 is 15.5 Å². The van der Waals surface area contributed by atoms with Crippen LogP contribution >= 0.6 is 24.0 Å². The molecule has 0 heterocycles. The second kappa shape index (κ2) is 11.6. The second-order valence-corrected chi connectivity index (χ2v) is 6.71. The summed E-state index contributed by atoms with van der Waals surface area (Å²) in [6, 6.07) is 18.1. The zero-order chi connectivity index (χ0) is 18.9. The Labute approximate surface area is 179 Å². The number of carbonyl (C=O) groups excluding carboxylic acids is 1. The summed E-state index contributed by atoms with van der Waals surface area (Å²) in [5.41, 5.74) is 3.12. The highest BCUT2D eigenvalue weighted by Gasteiger charge is 2.07. The van der Waals surface area contributed by atoms with Crippen molar-refractivity contribution in [1.29, 1.82) is 0 Å². The van der Waals surface area contributed by atoms with E-state index in [0.29, 0.717) is 13.1 Å². The molecule has 146 valence electrons. The van der Waals surface area contributed by atoms with E-state index < -0.39 is 0 Å². The number of halogens is 1. The minimum atomic E-state index is -0.0279. The fourth-order valence-corrected chi connectivity index (χ4v) is 2.28. The van der Waals surface area contributed by atoms with Crippen LogP contribution in [0, 0.1) is 5.92 Å². The quantitative estimate of drug-likeness (QED) is 0.372. The predicted octanol–water partition coefficient (Wildman–Crippen LogP) is 4.11.